The first-order valence-corrected chi connectivity index (χ1v) is 13.0. The van der Waals surface area contributed by atoms with Crippen molar-refractivity contribution in [2.24, 2.45) is 11.8 Å². The van der Waals surface area contributed by atoms with E-state index in [4.69, 9.17) is 9.47 Å². The van der Waals surface area contributed by atoms with Crippen LogP contribution in [0.4, 0.5) is 0 Å². The maximum atomic E-state index is 6.30. The van der Waals surface area contributed by atoms with E-state index in [9.17, 15) is 0 Å². The molecule has 174 valence electrons. The molecule has 2 aliphatic carbocycles. The molecule has 0 radical (unpaired) electrons. The summed E-state index contributed by atoms with van der Waals surface area (Å²) in [6, 6.07) is 1.35. The zero-order chi connectivity index (χ0) is 21.4. The van der Waals surface area contributed by atoms with Crippen molar-refractivity contribution in [3.63, 3.8) is 0 Å². The average Bonchev–Trinajstić information content (AvgIpc) is 3.03. The van der Waals surface area contributed by atoms with E-state index in [1.54, 1.807) is 0 Å². The summed E-state index contributed by atoms with van der Waals surface area (Å²) >= 11 is 0. The third-order valence-electron chi connectivity index (χ3n) is 8.73. The van der Waals surface area contributed by atoms with Crippen molar-refractivity contribution < 1.29 is 9.47 Å². The van der Waals surface area contributed by atoms with Gasteiger partial charge in [-0.25, -0.2) is 0 Å². The lowest BCUT2D eigenvalue weighted by Crippen LogP contribution is -2.57. The Morgan fingerprint density at radius 2 is 1.50 bits per heavy atom. The Balaban J connectivity index is 1.42. The van der Waals surface area contributed by atoms with Crippen LogP contribution in [0.1, 0.15) is 92.4 Å². The van der Waals surface area contributed by atoms with E-state index in [0.29, 0.717) is 12.1 Å². The molecular weight excluding hydrogens is 372 g/mol. The van der Waals surface area contributed by atoms with Crippen molar-refractivity contribution in [3.05, 3.63) is 0 Å². The van der Waals surface area contributed by atoms with Crippen molar-refractivity contribution in [2.75, 3.05) is 32.9 Å². The Morgan fingerprint density at radius 1 is 0.767 bits per heavy atom. The van der Waals surface area contributed by atoms with Crippen LogP contribution in [0, 0.1) is 11.8 Å². The Morgan fingerprint density at radius 3 is 2.30 bits per heavy atom. The molecule has 0 aromatic heterocycles. The van der Waals surface area contributed by atoms with Crippen LogP contribution in [0.2, 0.25) is 0 Å². The van der Waals surface area contributed by atoms with Gasteiger partial charge >= 0.3 is 0 Å². The molecule has 5 atom stereocenters. The Kier molecular flexibility index (Phi) is 7.19. The Hall–Kier alpha value is -0.160. The second-order valence-corrected chi connectivity index (χ2v) is 12.3. The van der Waals surface area contributed by atoms with Crippen molar-refractivity contribution in [1.29, 1.82) is 0 Å². The molecule has 2 saturated carbocycles. The van der Waals surface area contributed by atoms with Crippen LogP contribution < -0.4 is 0 Å². The molecular formula is C26H48N2O2. The van der Waals surface area contributed by atoms with Gasteiger partial charge in [-0.1, -0.05) is 12.8 Å². The lowest BCUT2D eigenvalue weighted by Gasteiger charge is -2.48. The molecule has 30 heavy (non-hydrogen) atoms. The summed E-state index contributed by atoms with van der Waals surface area (Å²) in [7, 11) is 0. The normalized spacial score (nSPS) is 37.7. The second kappa shape index (κ2) is 9.37. The molecule has 0 N–H and O–H groups in total. The van der Waals surface area contributed by atoms with Gasteiger partial charge in [0.2, 0.25) is 0 Å². The fourth-order valence-corrected chi connectivity index (χ4v) is 7.32. The maximum Gasteiger partial charge on any atom is 0.0731 e. The predicted molar refractivity (Wildman–Crippen MR) is 124 cm³/mol. The van der Waals surface area contributed by atoms with Crippen LogP contribution in [-0.2, 0) is 9.47 Å². The van der Waals surface area contributed by atoms with E-state index in [-0.39, 0.29) is 11.1 Å². The number of hydrogen-bond donors (Lipinski definition) is 0. The van der Waals surface area contributed by atoms with Gasteiger partial charge in [-0.15, -0.1) is 0 Å². The number of nitrogens with zero attached hydrogens (tertiary/aromatic N) is 2. The number of morpholine rings is 1. The summed E-state index contributed by atoms with van der Waals surface area (Å²) in [5, 5.41) is 0. The van der Waals surface area contributed by atoms with Crippen molar-refractivity contribution in [2.45, 2.75) is 122 Å². The van der Waals surface area contributed by atoms with E-state index in [1.807, 2.05) is 0 Å². The highest BCUT2D eigenvalue weighted by molar-refractivity contribution is 4.97. The van der Waals surface area contributed by atoms with E-state index in [2.05, 4.69) is 44.4 Å². The van der Waals surface area contributed by atoms with Gasteiger partial charge in [-0.3, -0.25) is 9.80 Å². The summed E-state index contributed by atoms with van der Waals surface area (Å²) in [5.74, 6) is 1.58. The molecule has 0 aromatic carbocycles. The van der Waals surface area contributed by atoms with Crippen molar-refractivity contribution in [1.82, 2.24) is 9.80 Å². The summed E-state index contributed by atoms with van der Waals surface area (Å²) in [4.78, 5) is 5.62. The molecule has 4 nitrogen and oxygen atoms in total. The highest BCUT2D eigenvalue weighted by Gasteiger charge is 2.43. The number of rotatable bonds is 3. The monoisotopic (exact) mass is 420 g/mol. The van der Waals surface area contributed by atoms with Gasteiger partial charge in [0.05, 0.1) is 25.9 Å². The molecule has 4 aliphatic rings. The minimum absolute atomic E-state index is 0.244. The molecule has 4 heteroatoms. The Labute approximate surface area is 186 Å². The zero-order valence-electron chi connectivity index (χ0n) is 20.5. The molecule has 0 bridgehead atoms. The molecule has 5 unspecified atom stereocenters. The van der Waals surface area contributed by atoms with Crippen LogP contribution in [0.15, 0.2) is 0 Å². The molecule has 4 rings (SSSR count). The predicted octanol–water partition coefficient (Wildman–Crippen LogP) is 5.10. The van der Waals surface area contributed by atoms with Crippen LogP contribution in [0.3, 0.4) is 0 Å². The average molecular weight is 421 g/mol. The quantitative estimate of drug-likeness (QED) is 0.634. The van der Waals surface area contributed by atoms with Crippen molar-refractivity contribution >= 4 is 0 Å². The van der Waals surface area contributed by atoms with E-state index in [0.717, 1.165) is 50.8 Å². The number of hydrogen-bond acceptors (Lipinski definition) is 4. The van der Waals surface area contributed by atoms with Gasteiger partial charge in [0.25, 0.3) is 0 Å². The lowest BCUT2D eigenvalue weighted by molar-refractivity contribution is -0.103. The fraction of sp³-hybridized carbons (Fsp3) is 1.00. The highest BCUT2D eigenvalue weighted by atomic mass is 16.5. The minimum atomic E-state index is 0.244. The first kappa shape index (κ1) is 23.0. The van der Waals surface area contributed by atoms with Crippen LogP contribution in [-0.4, -0.2) is 72.0 Å². The summed E-state index contributed by atoms with van der Waals surface area (Å²) in [6.45, 7) is 17.2. The molecule has 2 heterocycles. The number of ether oxygens (including phenoxy) is 2. The van der Waals surface area contributed by atoms with Gasteiger partial charge in [0.1, 0.15) is 0 Å². The van der Waals surface area contributed by atoms with E-state index in [1.165, 1.54) is 57.8 Å². The zero-order valence-corrected chi connectivity index (χ0v) is 20.5. The Bertz CT molecular complexity index is 558. The van der Waals surface area contributed by atoms with Gasteiger partial charge < -0.3 is 9.47 Å². The van der Waals surface area contributed by atoms with Gasteiger partial charge in [0.15, 0.2) is 0 Å². The van der Waals surface area contributed by atoms with Gasteiger partial charge in [-0.05, 0) is 91.4 Å². The maximum absolute atomic E-state index is 6.30. The van der Waals surface area contributed by atoms with Gasteiger partial charge in [-0.2, -0.15) is 0 Å². The second-order valence-electron chi connectivity index (χ2n) is 12.3. The third-order valence-corrected chi connectivity index (χ3v) is 8.73. The van der Waals surface area contributed by atoms with Crippen LogP contribution in [0.5, 0.6) is 0 Å². The first-order valence-electron chi connectivity index (χ1n) is 13.0. The van der Waals surface area contributed by atoms with Crippen molar-refractivity contribution in [3.8, 4) is 0 Å². The fourth-order valence-electron chi connectivity index (χ4n) is 7.32. The topological polar surface area (TPSA) is 24.9 Å². The van der Waals surface area contributed by atoms with E-state index < -0.39 is 0 Å². The summed E-state index contributed by atoms with van der Waals surface area (Å²) in [6.07, 6.45) is 12.6. The molecule has 2 aliphatic heterocycles. The first-order chi connectivity index (χ1) is 14.3. The summed E-state index contributed by atoms with van der Waals surface area (Å²) in [5.41, 5.74) is 0.507. The number of fused-ring (bicyclic) bond motifs is 2. The van der Waals surface area contributed by atoms with Gasteiger partial charge in [0, 0.05) is 36.3 Å². The third kappa shape index (κ3) is 5.08. The molecule has 0 amide bonds. The summed E-state index contributed by atoms with van der Waals surface area (Å²) < 4.78 is 12.3. The minimum Gasteiger partial charge on any atom is -0.380 e. The van der Waals surface area contributed by atoms with E-state index >= 15 is 0 Å². The lowest BCUT2D eigenvalue weighted by atomic mass is 9.79. The molecule has 0 spiro atoms. The SMILES string of the molecule is CC(C)(C)N1CCOC2CCC(CC(C)(C)N3CCOCC4CCCCC43)CCC21. The molecule has 2 saturated heterocycles. The molecule has 0 aromatic rings. The molecule has 4 fully saturated rings. The van der Waals surface area contributed by atoms with Crippen LogP contribution in [0.25, 0.3) is 0 Å². The smallest absolute Gasteiger partial charge is 0.0731 e. The highest BCUT2D eigenvalue weighted by Crippen LogP contribution is 2.40. The largest absolute Gasteiger partial charge is 0.380 e. The van der Waals surface area contributed by atoms with Crippen LogP contribution >= 0.6 is 0 Å². The standard InChI is InChI=1S/C26H48N2O2/c1-25(2,3)27-15-17-30-24-13-11-20(10-12-23(24)27)18-26(4,5)28-14-16-29-19-21-8-6-7-9-22(21)28/h20-24H,6-19H2,1-5H3.